The van der Waals surface area contributed by atoms with Gasteiger partial charge in [-0.25, -0.2) is 14.1 Å². The zero-order chi connectivity index (χ0) is 20.2. The Labute approximate surface area is 166 Å². The average Bonchev–Trinajstić information content (AvgIpc) is 3.17. The number of fused-ring (bicyclic) bond motifs is 3. The van der Waals surface area contributed by atoms with Crippen LogP contribution in [0.15, 0.2) is 18.2 Å². The van der Waals surface area contributed by atoms with Crippen LogP contribution in [0.3, 0.4) is 0 Å². The van der Waals surface area contributed by atoms with Gasteiger partial charge in [0.25, 0.3) is 0 Å². The lowest BCUT2D eigenvalue weighted by Crippen LogP contribution is -2.39. The minimum Gasteiger partial charge on any atom is -0.316 e. The Morgan fingerprint density at radius 3 is 2.55 bits per heavy atom. The van der Waals surface area contributed by atoms with Gasteiger partial charge in [0.2, 0.25) is 0 Å². The fourth-order valence-electron chi connectivity index (χ4n) is 5.51. The number of benzene rings is 1. The maximum absolute atomic E-state index is 14.6. The SMILES string of the molecule is Fc1cc(C(F)(F)F)ccc1C1CCCn2nc(CC3[C@@H]4CC[C@H]3CNC4)nc21. The fourth-order valence-corrected chi connectivity index (χ4v) is 5.51. The first-order valence-corrected chi connectivity index (χ1v) is 10.4. The number of aryl methyl sites for hydroxylation is 1. The second-order valence-corrected chi connectivity index (χ2v) is 8.66. The van der Waals surface area contributed by atoms with Gasteiger partial charge in [-0.1, -0.05) is 6.07 Å². The van der Waals surface area contributed by atoms with Gasteiger partial charge in [-0.05, 0) is 74.2 Å². The molecule has 5 rings (SSSR count). The van der Waals surface area contributed by atoms with Gasteiger partial charge in [0.1, 0.15) is 11.6 Å². The van der Waals surface area contributed by atoms with Crippen molar-refractivity contribution < 1.29 is 17.6 Å². The van der Waals surface area contributed by atoms with E-state index in [9.17, 15) is 17.6 Å². The molecule has 2 unspecified atom stereocenters. The number of nitrogens with one attached hydrogen (secondary N) is 1. The first-order chi connectivity index (χ1) is 13.9. The predicted octanol–water partition coefficient (Wildman–Crippen LogP) is 4.15. The molecule has 1 saturated carbocycles. The van der Waals surface area contributed by atoms with E-state index in [2.05, 4.69) is 10.4 Å². The quantitative estimate of drug-likeness (QED) is 0.776. The van der Waals surface area contributed by atoms with Gasteiger partial charge >= 0.3 is 6.18 Å². The molecule has 3 heterocycles. The highest BCUT2D eigenvalue weighted by molar-refractivity contribution is 5.33. The minimum absolute atomic E-state index is 0.278. The zero-order valence-corrected chi connectivity index (χ0v) is 16.1. The molecule has 2 fully saturated rings. The topological polar surface area (TPSA) is 42.7 Å². The number of halogens is 4. The van der Waals surface area contributed by atoms with Crippen molar-refractivity contribution in [1.82, 2.24) is 20.1 Å². The lowest BCUT2D eigenvalue weighted by atomic mass is 9.83. The summed E-state index contributed by atoms with van der Waals surface area (Å²) in [5, 5.41) is 8.18. The molecule has 4 atom stereocenters. The van der Waals surface area contributed by atoms with Crippen molar-refractivity contribution >= 4 is 0 Å². The lowest BCUT2D eigenvalue weighted by Gasteiger charge is -2.29. The van der Waals surface area contributed by atoms with Crippen molar-refractivity contribution in [2.24, 2.45) is 17.8 Å². The Morgan fingerprint density at radius 1 is 1.10 bits per heavy atom. The van der Waals surface area contributed by atoms with E-state index in [1.807, 2.05) is 4.68 Å². The Kier molecular flexibility index (Phi) is 4.64. The summed E-state index contributed by atoms with van der Waals surface area (Å²) in [6, 6.07) is 2.82. The lowest BCUT2D eigenvalue weighted by molar-refractivity contribution is -0.137. The van der Waals surface area contributed by atoms with Crippen molar-refractivity contribution in [2.75, 3.05) is 13.1 Å². The number of piperidine rings is 1. The van der Waals surface area contributed by atoms with Crippen molar-refractivity contribution in [1.29, 1.82) is 0 Å². The number of rotatable bonds is 3. The third-order valence-electron chi connectivity index (χ3n) is 6.97. The van der Waals surface area contributed by atoms with Gasteiger partial charge in [-0.3, -0.25) is 0 Å². The molecule has 0 amide bonds. The highest BCUT2D eigenvalue weighted by atomic mass is 19.4. The molecule has 1 aromatic heterocycles. The highest BCUT2D eigenvalue weighted by Crippen LogP contribution is 2.41. The maximum atomic E-state index is 14.6. The third kappa shape index (κ3) is 3.45. The van der Waals surface area contributed by atoms with Crippen molar-refractivity contribution in [2.45, 2.75) is 50.7 Å². The van der Waals surface area contributed by atoms with Crippen LogP contribution in [0, 0.1) is 23.6 Å². The van der Waals surface area contributed by atoms with Crippen LogP contribution in [0.2, 0.25) is 0 Å². The Morgan fingerprint density at radius 2 is 1.86 bits per heavy atom. The molecule has 0 radical (unpaired) electrons. The van der Waals surface area contributed by atoms with Gasteiger partial charge in [0.15, 0.2) is 5.82 Å². The van der Waals surface area contributed by atoms with E-state index in [-0.39, 0.29) is 11.5 Å². The molecule has 156 valence electrons. The van der Waals surface area contributed by atoms with Gasteiger partial charge < -0.3 is 5.32 Å². The standard InChI is InChI=1S/C21H24F4N4/c22-18-8-14(21(23,24)25)5-6-15(18)16-2-1-7-29-20(16)27-19(28-29)9-17-12-3-4-13(17)11-26-10-12/h5-6,8,12-13,16-17,26H,1-4,7,9-11H2/t12-,13+,16?,17?. The second kappa shape index (κ2) is 7.07. The van der Waals surface area contributed by atoms with E-state index in [1.165, 1.54) is 18.9 Å². The van der Waals surface area contributed by atoms with Gasteiger partial charge in [0.05, 0.1) is 5.56 Å². The Bertz CT molecular complexity index is 891. The van der Waals surface area contributed by atoms with Crippen molar-refractivity contribution in [3.63, 3.8) is 0 Å². The van der Waals surface area contributed by atoms with E-state index in [1.54, 1.807) is 0 Å². The number of nitrogens with zero attached hydrogens (tertiary/aromatic N) is 3. The number of aromatic nitrogens is 3. The minimum atomic E-state index is -4.55. The molecule has 1 N–H and O–H groups in total. The zero-order valence-electron chi connectivity index (χ0n) is 16.1. The summed E-state index contributed by atoms with van der Waals surface area (Å²) in [4.78, 5) is 4.75. The van der Waals surface area contributed by atoms with Crippen molar-refractivity contribution in [3.8, 4) is 0 Å². The molecule has 0 spiro atoms. The molecule has 29 heavy (non-hydrogen) atoms. The maximum Gasteiger partial charge on any atom is 0.416 e. The fraction of sp³-hybridized carbons (Fsp3) is 0.619. The third-order valence-corrected chi connectivity index (χ3v) is 6.97. The van der Waals surface area contributed by atoms with E-state index in [4.69, 9.17) is 4.98 Å². The predicted molar refractivity (Wildman–Crippen MR) is 98.8 cm³/mol. The van der Waals surface area contributed by atoms with Crippen LogP contribution in [0.4, 0.5) is 17.6 Å². The van der Waals surface area contributed by atoms with E-state index in [0.717, 1.165) is 44.4 Å². The largest absolute Gasteiger partial charge is 0.416 e. The molecule has 1 aliphatic carbocycles. The molecule has 4 nitrogen and oxygen atoms in total. The molecular formula is C21H24F4N4. The Hall–Kier alpha value is -1.96. The van der Waals surface area contributed by atoms with Gasteiger partial charge in [-0.2, -0.15) is 18.3 Å². The van der Waals surface area contributed by atoms with Crippen LogP contribution < -0.4 is 5.32 Å². The number of alkyl halides is 3. The summed E-state index contributed by atoms with van der Waals surface area (Å²) in [6.07, 6.45) is 0.246. The first kappa shape index (κ1) is 19.0. The normalized spacial score (nSPS) is 29.1. The highest BCUT2D eigenvalue weighted by Gasteiger charge is 2.40. The molecule has 2 bridgehead atoms. The molecule has 2 aromatic rings. The average molecular weight is 408 g/mol. The van der Waals surface area contributed by atoms with Crippen LogP contribution in [0.5, 0.6) is 0 Å². The van der Waals surface area contributed by atoms with Crippen LogP contribution >= 0.6 is 0 Å². The van der Waals surface area contributed by atoms with Crippen molar-refractivity contribution in [3.05, 3.63) is 46.8 Å². The molecule has 8 heteroatoms. The van der Waals surface area contributed by atoms with E-state index >= 15 is 0 Å². The summed E-state index contributed by atoms with van der Waals surface area (Å²) in [5.74, 6) is 2.22. The smallest absolute Gasteiger partial charge is 0.316 e. The molecular weight excluding hydrogens is 384 g/mol. The summed E-state index contributed by atoms with van der Waals surface area (Å²) < 4.78 is 55.1. The van der Waals surface area contributed by atoms with Crippen LogP contribution in [-0.2, 0) is 19.1 Å². The van der Waals surface area contributed by atoms with Gasteiger partial charge in [0, 0.05) is 18.9 Å². The van der Waals surface area contributed by atoms with Crippen LogP contribution in [0.25, 0.3) is 0 Å². The molecule has 1 aromatic carbocycles. The molecule has 2 aliphatic heterocycles. The van der Waals surface area contributed by atoms with Crippen LogP contribution in [-0.4, -0.2) is 27.9 Å². The molecule has 3 aliphatic rings. The molecule has 1 saturated heterocycles. The number of hydrogen-bond donors (Lipinski definition) is 1. The van der Waals surface area contributed by atoms with Crippen LogP contribution in [0.1, 0.15) is 54.4 Å². The first-order valence-electron chi connectivity index (χ1n) is 10.4. The summed E-state index contributed by atoms with van der Waals surface area (Å²) in [6.45, 7) is 2.82. The monoisotopic (exact) mass is 408 g/mol. The summed E-state index contributed by atoms with van der Waals surface area (Å²) >= 11 is 0. The van der Waals surface area contributed by atoms with E-state index in [0.29, 0.717) is 36.1 Å². The number of hydrogen-bond acceptors (Lipinski definition) is 3. The summed E-state index contributed by atoms with van der Waals surface area (Å²) in [5.41, 5.74) is -0.682. The second-order valence-electron chi connectivity index (χ2n) is 8.66. The Balaban J connectivity index is 1.41. The summed E-state index contributed by atoms with van der Waals surface area (Å²) in [7, 11) is 0. The van der Waals surface area contributed by atoms with Gasteiger partial charge in [-0.15, -0.1) is 0 Å². The van der Waals surface area contributed by atoms with E-state index < -0.39 is 17.6 Å².